The van der Waals surface area contributed by atoms with Crippen molar-refractivity contribution >= 4 is 11.6 Å². The molecule has 1 aromatic carbocycles. The van der Waals surface area contributed by atoms with Gasteiger partial charge in [-0.25, -0.2) is 0 Å². The van der Waals surface area contributed by atoms with Crippen molar-refractivity contribution in [3.05, 3.63) is 45.2 Å². The quantitative estimate of drug-likeness (QED) is 0.922. The highest BCUT2D eigenvalue weighted by Crippen LogP contribution is 2.27. The Morgan fingerprint density at radius 2 is 1.90 bits per heavy atom. The van der Waals surface area contributed by atoms with E-state index in [1.165, 1.54) is 0 Å². The summed E-state index contributed by atoms with van der Waals surface area (Å²) in [7, 11) is 1.89. The molecule has 5 heteroatoms. The second kappa shape index (κ2) is 6.50. The Bertz CT molecular complexity index is 626. The Morgan fingerprint density at radius 1 is 1.29 bits per heavy atom. The fraction of sp³-hybridized carbons (Fsp3) is 0.438. The molecule has 0 atom stereocenters. The third-order valence-corrected chi connectivity index (χ3v) is 4.05. The molecule has 0 spiro atoms. The molecule has 4 nitrogen and oxygen atoms in total. The molecule has 0 aliphatic carbocycles. The van der Waals surface area contributed by atoms with Gasteiger partial charge in [0.2, 0.25) is 0 Å². The van der Waals surface area contributed by atoms with E-state index in [2.05, 4.69) is 17.2 Å². The van der Waals surface area contributed by atoms with Crippen molar-refractivity contribution in [2.45, 2.75) is 40.3 Å². The Labute approximate surface area is 130 Å². The topological polar surface area (TPSA) is 53.1 Å². The van der Waals surface area contributed by atoms with E-state index in [4.69, 9.17) is 22.1 Å². The minimum absolute atomic E-state index is 0.409. The number of hydrogen-bond acceptors (Lipinski definition) is 3. The summed E-state index contributed by atoms with van der Waals surface area (Å²) >= 11 is 6.34. The lowest BCUT2D eigenvalue weighted by atomic mass is 10.1. The van der Waals surface area contributed by atoms with E-state index >= 15 is 0 Å². The molecule has 1 aromatic heterocycles. The number of benzene rings is 1. The Hall–Kier alpha value is -1.52. The van der Waals surface area contributed by atoms with Crippen LogP contribution in [0.5, 0.6) is 5.75 Å². The molecule has 21 heavy (non-hydrogen) atoms. The summed E-state index contributed by atoms with van der Waals surface area (Å²) in [6.07, 6.45) is 0.815. The molecule has 2 rings (SSSR count). The molecule has 2 aromatic rings. The number of halogens is 1. The van der Waals surface area contributed by atoms with Gasteiger partial charge in [-0.2, -0.15) is 5.10 Å². The van der Waals surface area contributed by atoms with Crippen molar-refractivity contribution in [1.29, 1.82) is 0 Å². The molecule has 114 valence electrons. The van der Waals surface area contributed by atoms with Crippen molar-refractivity contribution in [2.24, 2.45) is 12.8 Å². The van der Waals surface area contributed by atoms with E-state index in [1.54, 1.807) is 4.68 Å². The van der Waals surface area contributed by atoms with E-state index in [0.29, 0.717) is 18.2 Å². The van der Waals surface area contributed by atoms with Crippen LogP contribution in [0.1, 0.15) is 35.0 Å². The van der Waals surface area contributed by atoms with Crippen LogP contribution in [-0.4, -0.2) is 9.78 Å². The standard InChI is InChI=1S/C16H22ClN3O/c1-5-13-15(17)14(20(4)19-13)9-21-16-10(2)6-12(8-18)7-11(16)3/h6-7H,5,8-9,18H2,1-4H3. The van der Waals surface area contributed by atoms with Crippen molar-refractivity contribution in [1.82, 2.24) is 9.78 Å². The van der Waals surface area contributed by atoms with Crippen LogP contribution in [0.4, 0.5) is 0 Å². The molecular weight excluding hydrogens is 286 g/mol. The second-order valence-corrected chi connectivity index (χ2v) is 5.61. The smallest absolute Gasteiger partial charge is 0.131 e. The molecule has 0 saturated carbocycles. The van der Waals surface area contributed by atoms with E-state index in [1.807, 2.05) is 27.8 Å². The van der Waals surface area contributed by atoms with Crippen LogP contribution in [0.25, 0.3) is 0 Å². The second-order valence-electron chi connectivity index (χ2n) is 5.24. The zero-order valence-corrected chi connectivity index (χ0v) is 13.8. The first-order valence-corrected chi connectivity index (χ1v) is 7.48. The van der Waals surface area contributed by atoms with E-state index < -0.39 is 0 Å². The summed E-state index contributed by atoms with van der Waals surface area (Å²) < 4.78 is 7.78. The fourth-order valence-corrected chi connectivity index (χ4v) is 2.85. The van der Waals surface area contributed by atoms with Crippen molar-refractivity contribution < 1.29 is 4.74 Å². The number of hydrogen-bond donors (Lipinski definition) is 1. The van der Waals surface area contributed by atoms with E-state index in [-0.39, 0.29) is 0 Å². The summed E-state index contributed by atoms with van der Waals surface area (Å²) in [4.78, 5) is 0. The SMILES string of the molecule is CCc1nn(C)c(COc2c(C)cc(CN)cc2C)c1Cl. The molecule has 0 radical (unpaired) electrons. The van der Waals surface area contributed by atoms with Gasteiger partial charge in [0, 0.05) is 13.6 Å². The first kappa shape index (κ1) is 15.9. The Balaban J connectivity index is 2.23. The number of aryl methyl sites for hydroxylation is 4. The average Bonchev–Trinajstić information content (AvgIpc) is 2.72. The maximum Gasteiger partial charge on any atom is 0.131 e. The Morgan fingerprint density at radius 3 is 2.38 bits per heavy atom. The molecule has 0 aliphatic heterocycles. The number of aromatic nitrogens is 2. The average molecular weight is 308 g/mol. The van der Waals surface area contributed by atoms with Crippen LogP contribution >= 0.6 is 11.6 Å². The molecule has 1 heterocycles. The van der Waals surface area contributed by atoms with Crippen LogP contribution < -0.4 is 10.5 Å². The van der Waals surface area contributed by atoms with Gasteiger partial charge < -0.3 is 10.5 Å². The van der Waals surface area contributed by atoms with Gasteiger partial charge in [-0.3, -0.25) is 4.68 Å². The molecule has 0 amide bonds. The largest absolute Gasteiger partial charge is 0.487 e. The van der Waals surface area contributed by atoms with E-state index in [0.717, 1.165) is 40.2 Å². The molecular formula is C16H22ClN3O. The molecule has 0 bridgehead atoms. The molecule has 0 aliphatic rings. The van der Waals surface area contributed by atoms with Gasteiger partial charge in [0.05, 0.1) is 16.4 Å². The highest BCUT2D eigenvalue weighted by molar-refractivity contribution is 6.31. The van der Waals surface area contributed by atoms with Crippen LogP contribution in [0.3, 0.4) is 0 Å². The lowest BCUT2D eigenvalue weighted by Gasteiger charge is -2.14. The van der Waals surface area contributed by atoms with Gasteiger partial charge in [0.1, 0.15) is 12.4 Å². The van der Waals surface area contributed by atoms with Crippen molar-refractivity contribution in [3.63, 3.8) is 0 Å². The third kappa shape index (κ3) is 3.22. The molecule has 0 fully saturated rings. The van der Waals surface area contributed by atoms with Crippen molar-refractivity contribution in [3.8, 4) is 5.75 Å². The number of ether oxygens (including phenoxy) is 1. The number of rotatable bonds is 5. The van der Waals surface area contributed by atoms with Crippen LogP contribution in [0, 0.1) is 13.8 Å². The highest BCUT2D eigenvalue weighted by Gasteiger charge is 2.14. The molecule has 2 N–H and O–H groups in total. The molecule has 0 unspecified atom stereocenters. The van der Waals surface area contributed by atoms with Gasteiger partial charge in [0.25, 0.3) is 0 Å². The zero-order chi connectivity index (χ0) is 15.6. The maximum atomic E-state index is 6.34. The van der Waals surface area contributed by atoms with Gasteiger partial charge in [-0.05, 0) is 37.0 Å². The predicted molar refractivity (Wildman–Crippen MR) is 85.7 cm³/mol. The van der Waals surface area contributed by atoms with Crippen molar-refractivity contribution in [2.75, 3.05) is 0 Å². The van der Waals surface area contributed by atoms with Gasteiger partial charge in [0.15, 0.2) is 0 Å². The minimum atomic E-state index is 0.409. The molecule has 0 saturated heterocycles. The summed E-state index contributed by atoms with van der Waals surface area (Å²) in [5.74, 6) is 0.891. The fourth-order valence-electron chi connectivity index (χ4n) is 2.50. The zero-order valence-electron chi connectivity index (χ0n) is 13.0. The van der Waals surface area contributed by atoms with Crippen LogP contribution in [0.2, 0.25) is 5.02 Å². The maximum absolute atomic E-state index is 6.34. The summed E-state index contributed by atoms with van der Waals surface area (Å²) in [6.45, 7) is 7.05. The monoisotopic (exact) mass is 307 g/mol. The van der Waals surface area contributed by atoms with Crippen LogP contribution in [-0.2, 0) is 26.6 Å². The number of nitrogens with two attached hydrogens (primary N) is 1. The first-order valence-electron chi connectivity index (χ1n) is 7.11. The van der Waals surface area contributed by atoms with Gasteiger partial charge >= 0.3 is 0 Å². The first-order chi connectivity index (χ1) is 9.97. The highest BCUT2D eigenvalue weighted by atomic mass is 35.5. The summed E-state index contributed by atoms with van der Waals surface area (Å²) in [6, 6.07) is 4.12. The third-order valence-electron chi connectivity index (χ3n) is 3.61. The minimum Gasteiger partial charge on any atom is -0.487 e. The lowest BCUT2D eigenvalue weighted by molar-refractivity contribution is 0.291. The number of nitrogens with zero attached hydrogens (tertiary/aromatic N) is 2. The van der Waals surface area contributed by atoms with Gasteiger partial charge in [-0.15, -0.1) is 0 Å². The Kier molecular flexibility index (Phi) is 4.91. The van der Waals surface area contributed by atoms with Gasteiger partial charge in [-0.1, -0.05) is 30.7 Å². The lowest BCUT2D eigenvalue weighted by Crippen LogP contribution is -2.06. The predicted octanol–water partition coefficient (Wildman–Crippen LogP) is 3.29. The summed E-state index contributed by atoms with van der Waals surface area (Å²) in [5, 5.41) is 5.10. The van der Waals surface area contributed by atoms with Crippen LogP contribution in [0.15, 0.2) is 12.1 Å². The summed E-state index contributed by atoms with van der Waals surface area (Å²) in [5.41, 5.74) is 10.8. The van der Waals surface area contributed by atoms with E-state index in [9.17, 15) is 0 Å². The normalized spacial score (nSPS) is 11.0.